The number of aryl methyl sites for hydroxylation is 1. The maximum absolute atomic E-state index is 12.6. The van der Waals surface area contributed by atoms with Gasteiger partial charge in [0.15, 0.2) is 0 Å². The molecule has 0 aliphatic carbocycles. The lowest BCUT2D eigenvalue weighted by Crippen LogP contribution is -2.38. The number of piperidine rings is 1. The summed E-state index contributed by atoms with van der Waals surface area (Å²) in [5, 5.41) is 1.01. The minimum absolute atomic E-state index is 0.151. The normalized spacial score (nSPS) is 16.6. The van der Waals surface area contributed by atoms with Crippen LogP contribution in [-0.2, 0) is 0 Å². The van der Waals surface area contributed by atoms with Crippen LogP contribution in [0.15, 0.2) is 28.7 Å². The number of benzene rings is 1. The van der Waals surface area contributed by atoms with Gasteiger partial charge in [-0.2, -0.15) is 11.8 Å². The fourth-order valence-electron chi connectivity index (χ4n) is 3.03. The molecule has 3 nitrogen and oxygen atoms in total. The smallest absolute Gasteiger partial charge is 0.253 e. The summed E-state index contributed by atoms with van der Waals surface area (Å²) in [4.78, 5) is 14.6. The lowest BCUT2D eigenvalue weighted by atomic mass is 9.98. The molecular weight excluding hydrogens is 282 g/mol. The Morgan fingerprint density at radius 1 is 1.33 bits per heavy atom. The topological polar surface area (TPSA) is 33.5 Å². The second kappa shape index (κ2) is 6.14. The van der Waals surface area contributed by atoms with Crippen LogP contribution in [0.5, 0.6) is 0 Å². The van der Waals surface area contributed by atoms with Gasteiger partial charge >= 0.3 is 0 Å². The zero-order valence-electron chi connectivity index (χ0n) is 12.6. The van der Waals surface area contributed by atoms with Gasteiger partial charge in [0.25, 0.3) is 5.91 Å². The number of amides is 1. The van der Waals surface area contributed by atoms with Gasteiger partial charge in [-0.25, -0.2) is 0 Å². The van der Waals surface area contributed by atoms with E-state index in [-0.39, 0.29) is 5.91 Å². The number of thioether (sulfide) groups is 1. The van der Waals surface area contributed by atoms with Gasteiger partial charge in [0.1, 0.15) is 11.3 Å². The van der Waals surface area contributed by atoms with E-state index < -0.39 is 0 Å². The van der Waals surface area contributed by atoms with Gasteiger partial charge in [-0.05, 0) is 62.0 Å². The van der Waals surface area contributed by atoms with Crippen molar-refractivity contribution in [3.63, 3.8) is 0 Å². The highest BCUT2D eigenvalue weighted by Crippen LogP contribution is 2.24. The fraction of sp³-hybridized carbons (Fsp3) is 0.471. The van der Waals surface area contributed by atoms with E-state index in [2.05, 4.69) is 6.26 Å². The Balaban J connectivity index is 1.72. The molecule has 0 bridgehead atoms. The van der Waals surface area contributed by atoms with Crippen LogP contribution in [-0.4, -0.2) is 35.9 Å². The van der Waals surface area contributed by atoms with E-state index in [9.17, 15) is 4.79 Å². The number of nitrogens with zero attached hydrogens (tertiary/aromatic N) is 1. The summed E-state index contributed by atoms with van der Waals surface area (Å²) in [6.45, 7) is 3.69. The third-order valence-electron chi connectivity index (χ3n) is 4.19. The number of carbonyl (C=O) groups is 1. The number of carbonyl (C=O) groups excluding carboxylic acids is 1. The van der Waals surface area contributed by atoms with Crippen molar-refractivity contribution < 1.29 is 9.21 Å². The van der Waals surface area contributed by atoms with Crippen molar-refractivity contribution in [2.45, 2.75) is 19.8 Å². The lowest BCUT2D eigenvalue weighted by Gasteiger charge is -2.31. The molecule has 1 saturated heterocycles. The first-order valence-corrected chi connectivity index (χ1v) is 8.85. The van der Waals surface area contributed by atoms with Crippen LogP contribution in [0.4, 0.5) is 0 Å². The fourth-order valence-corrected chi connectivity index (χ4v) is 3.83. The first-order chi connectivity index (χ1) is 10.2. The number of rotatable bonds is 3. The molecule has 1 amide bonds. The largest absolute Gasteiger partial charge is 0.461 e. The minimum Gasteiger partial charge on any atom is -0.461 e. The maximum Gasteiger partial charge on any atom is 0.253 e. The summed E-state index contributed by atoms with van der Waals surface area (Å²) in [6.07, 6.45) is 4.40. The van der Waals surface area contributed by atoms with Crippen molar-refractivity contribution in [2.75, 3.05) is 25.1 Å². The van der Waals surface area contributed by atoms with Crippen LogP contribution < -0.4 is 0 Å². The highest BCUT2D eigenvalue weighted by atomic mass is 32.2. The molecule has 0 radical (unpaired) electrons. The molecular formula is C17H21NO2S. The molecule has 3 rings (SSSR count). The molecule has 0 atom stereocenters. The molecule has 0 unspecified atom stereocenters. The summed E-state index contributed by atoms with van der Waals surface area (Å²) in [7, 11) is 0. The molecule has 21 heavy (non-hydrogen) atoms. The van der Waals surface area contributed by atoms with E-state index in [1.54, 1.807) is 0 Å². The highest BCUT2D eigenvalue weighted by molar-refractivity contribution is 7.98. The lowest BCUT2D eigenvalue weighted by molar-refractivity contribution is 0.0699. The predicted octanol–water partition coefficient (Wildman–Crippen LogP) is 3.96. The number of likely N-dealkylation sites (tertiary alicyclic amines) is 1. The van der Waals surface area contributed by atoms with Crippen molar-refractivity contribution >= 4 is 28.6 Å². The number of furan rings is 1. The predicted molar refractivity (Wildman–Crippen MR) is 88.0 cm³/mol. The van der Waals surface area contributed by atoms with Gasteiger partial charge in [0.05, 0.1) is 0 Å². The van der Waals surface area contributed by atoms with Gasteiger partial charge < -0.3 is 9.32 Å². The molecule has 4 heteroatoms. The monoisotopic (exact) mass is 303 g/mol. The standard InChI is InChI=1S/C17H21NO2S/c1-12-9-15-10-14(3-4-16(15)20-12)17(19)18-7-5-13(6-8-18)11-21-2/h3-4,9-10,13H,5-8,11H2,1-2H3. The number of fused-ring (bicyclic) bond motifs is 1. The molecule has 1 aliphatic rings. The van der Waals surface area contributed by atoms with Crippen molar-refractivity contribution in [3.05, 3.63) is 35.6 Å². The summed E-state index contributed by atoms with van der Waals surface area (Å²) < 4.78 is 5.56. The maximum atomic E-state index is 12.6. The third-order valence-corrected chi connectivity index (χ3v) is 5.00. The highest BCUT2D eigenvalue weighted by Gasteiger charge is 2.23. The number of hydrogen-bond acceptors (Lipinski definition) is 3. The third kappa shape index (κ3) is 3.10. The molecule has 1 aromatic carbocycles. The van der Waals surface area contributed by atoms with Crippen LogP contribution >= 0.6 is 11.8 Å². The van der Waals surface area contributed by atoms with E-state index in [0.717, 1.165) is 54.1 Å². The Bertz CT molecular complexity index is 641. The van der Waals surface area contributed by atoms with Gasteiger partial charge in [-0.15, -0.1) is 0 Å². The number of hydrogen-bond donors (Lipinski definition) is 0. The van der Waals surface area contributed by atoms with Crippen LogP contribution in [0, 0.1) is 12.8 Å². The Morgan fingerprint density at radius 2 is 2.10 bits per heavy atom. The van der Waals surface area contributed by atoms with E-state index in [4.69, 9.17) is 4.42 Å². The minimum atomic E-state index is 0.151. The average molecular weight is 303 g/mol. The second-order valence-corrected chi connectivity index (χ2v) is 6.71. The van der Waals surface area contributed by atoms with Crippen LogP contribution in [0.2, 0.25) is 0 Å². The van der Waals surface area contributed by atoms with Crippen molar-refractivity contribution in [1.29, 1.82) is 0 Å². The molecule has 1 aromatic heterocycles. The van der Waals surface area contributed by atoms with Gasteiger partial charge in [0, 0.05) is 24.0 Å². The van der Waals surface area contributed by atoms with Crippen LogP contribution in [0.25, 0.3) is 11.0 Å². The molecule has 1 fully saturated rings. The van der Waals surface area contributed by atoms with Crippen molar-refractivity contribution in [3.8, 4) is 0 Å². The first-order valence-electron chi connectivity index (χ1n) is 7.46. The van der Waals surface area contributed by atoms with E-state index in [1.807, 2.05) is 47.9 Å². The van der Waals surface area contributed by atoms with Gasteiger partial charge in [0.2, 0.25) is 0 Å². The Labute approximate surface area is 129 Å². The van der Waals surface area contributed by atoms with Crippen LogP contribution in [0.3, 0.4) is 0 Å². The quantitative estimate of drug-likeness (QED) is 0.860. The average Bonchev–Trinajstić information content (AvgIpc) is 2.86. The summed E-state index contributed by atoms with van der Waals surface area (Å²) in [5.41, 5.74) is 1.62. The first kappa shape index (κ1) is 14.5. The van der Waals surface area contributed by atoms with Gasteiger partial charge in [-0.3, -0.25) is 4.79 Å². The zero-order chi connectivity index (χ0) is 14.8. The molecule has 0 N–H and O–H groups in total. The second-order valence-electron chi connectivity index (χ2n) is 5.80. The molecule has 0 saturated carbocycles. The molecule has 0 spiro atoms. The summed E-state index contributed by atoms with van der Waals surface area (Å²) >= 11 is 1.90. The van der Waals surface area contributed by atoms with E-state index >= 15 is 0 Å². The molecule has 2 aromatic rings. The van der Waals surface area contributed by atoms with E-state index in [0.29, 0.717) is 0 Å². The Hall–Kier alpha value is -1.42. The summed E-state index contributed by atoms with van der Waals surface area (Å²) in [6, 6.07) is 7.70. The van der Waals surface area contributed by atoms with Gasteiger partial charge in [-0.1, -0.05) is 0 Å². The SMILES string of the molecule is CSCC1CCN(C(=O)c2ccc3oc(C)cc3c2)CC1. The van der Waals surface area contributed by atoms with Crippen LogP contribution in [0.1, 0.15) is 29.0 Å². The van der Waals surface area contributed by atoms with Crippen molar-refractivity contribution in [1.82, 2.24) is 4.90 Å². The zero-order valence-corrected chi connectivity index (χ0v) is 13.4. The molecule has 112 valence electrons. The van der Waals surface area contributed by atoms with Crippen molar-refractivity contribution in [2.24, 2.45) is 5.92 Å². The molecule has 2 heterocycles. The molecule has 1 aliphatic heterocycles. The van der Waals surface area contributed by atoms with E-state index in [1.165, 1.54) is 5.75 Å². The Kier molecular flexibility index (Phi) is 4.24. The Morgan fingerprint density at radius 3 is 2.81 bits per heavy atom. The summed E-state index contributed by atoms with van der Waals surface area (Å²) in [5.74, 6) is 3.01.